The third-order valence-corrected chi connectivity index (χ3v) is 3.71. The standard InChI is InChI=1S/C19H20N2O4/c1-13(22)21-16-5-2-4-15(11-16)19(23)20-12-14-6-7-17-18(10-14)25-9-3-8-24-17/h2,4-7,10-11H,3,8-9,12H2,1H3,(H,20,23)(H,21,22). The van der Waals surface area contributed by atoms with Gasteiger partial charge in [-0.2, -0.15) is 0 Å². The van der Waals surface area contributed by atoms with Gasteiger partial charge in [-0.15, -0.1) is 0 Å². The third kappa shape index (κ3) is 4.50. The number of hydrogen-bond acceptors (Lipinski definition) is 4. The van der Waals surface area contributed by atoms with Crippen LogP contribution in [0.5, 0.6) is 11.5 Å². The Morgan fingerprint density at radius 3 is 2.64 bits per heavy atom. The van der Waals surface area contributed by atoms with Gasteiger partial charge in [-0.25, -0.2) is 0 Å². The van der Waals surface area contributed by atoms with Gasteiger partial charge in [0, 0.05) is 31.1 Å². The summed E-state index contributed by atoms with van der Waals surface area (Å²) in [5, 5.41) is 5.53. The van der Waals surface area contributed by atoms with Gasteiger partial charge in [-0.3, -0.25) is 9.59 Å². The molecule has 1 heterocycles. The summed E-state index contributed by atoms with van der Waals surface area (Å²) in [6.45, 7) is 3.07. The first kappa shape index (κ1) is 16.8. The molecule has 0 fully saturated rings. The maximum atomic E-state index is 12.3. The van der Waals surface area contributed by atoms with E-state index in [4.69, 9.17) is 9.47 Å². The zero-order valence-corrected chi connectivity index (χ0v) is 14.0. The fourth-order valence-corrected chi connectivity index (χ4v) is 2.54. The van der Waals surface area contributed by atoms with Crippen molar-refractivity contribution in [3.8, 4) is 11.5 Å². The molecule has 3 rings (SSSR count). The second-order valence-electron chi connectivity index (χ2n) is 5.78. The molecule has 130 valence electrons. The maximum Gasteiger partial charge on any atom is 0.251 e. The first-order valence-corrected chi connectivity index (χ1v) is 8.16. The molecule has 6 nitrogen and oxygen atoms in total. The van der Waals surface area contributed by atoms with Crippen LogP contribution in [0.25, 0.3) is 0 Å². The Kier molecular flexibility index (Phi) is 5.18. The van der Waals surface area contributed by atoms with Crippen molar-refractivity contribution in [2.24, 2.45) is 0 Å². The van der Waals surface area contributed by atoms with Gasteiger partial charge in [-0.1, -0.05) is 12.1 Å². The predicted molar refractivity (Wildman–Crippen MR) is 94.0 cm³/mol. The summed E-state index contributed by atoms with van der Waals surface area (Å²) >= 11 is 0. The topological polar surface area (TPSA) is 76.7 Å². The van der Waals surface area contributed by atoms with Crippen LogP contribution in [0.1, 0.15) is 29.3 Å². The smallest absolute Gasteiger partial charge is 0.251 e. The summed E-state index contributed by atoms with van der Waals surface area (Å²) < 4.78 is 11.3. The predicted octanol–water partition coefficient (Wildman–Crippen LogP) is 2.74. The van der Waals surface area contributed by atoms with Crippen LogP contribution in [0.4, 0.5) is 5.69 Å². The van der Waals surface area contributed by atoms with Crippen molar-refractivity contribution in [3.05, 3.63) is 53.6 Å². The van der Waals surface area contributed by atoms with E-state index in [1.807, 2.05) is 18.2 Å². The van der Waals surface area contributed by atoms with Crippen LogP contribution >= 0.6 is 0 Å². The van der Waals surface area contributed by atoms with E-state index in [9.17, 15) is 9.59 Å². The summed E-state index contributed by atoms with van der Waals surface area (Å²) in [4.78, 5) is 23.4. The molecule has 0 atom stereocenters. The summed E-state index contributed by atoms with van der Waals surface area (Å²) in [6.07, 6.45) is 0.853. The number of fused-ring (bicyclic) bond motifs is 1. The lowest BCUT2D eigenvalue weighted by atomic mass is 10.1. The van der Waals surface area contributed by atoms with E-state index in [1.165, 1.54) is 6.92 Å². The Morgan fingerprint density at radius 2 is 1.84 bits per heavy atom. The minimum absolute atomic E-state index is 0.176. The van der Waals surface area contributed by atoms with Gasteiger partial charge >= 0.3 is 0 Å². The lowest BCUT2D eigenvalue weighted by molar-refractivity contribution is -0.114. The van der Waals surface area contributed by atoms with Crippen molar-refractivity contribution >= 4 is 17.5 Å². The van der Waals surface area contributed by atoms with Gasteiger partial charge in [0.15, 0.2) is 11.5 Å². The number of rotatable bonds is 4. The van der Waals surface area contributed by atoms with Crippen molar-refractivity contribution in [1.29, 1.82) is 0 Å². The number of ether oxygens (including phenoxy) is 2. The molecule has 0 bridgehead atoms. The highest BCUT2D eigenvalue weighted by Crippen LogP contribution is 2.30. The van der Waals surface area contributed by atoms with Crippen molar-refractivity contribution in [2.45, 2.75) is 19.9 Å². The van der Waals surface area contributed by atoms with Crippen LogP contribution in [-0.4, -0.2) is 25.0 Å². The monoisotopic (exact) mass is 340 g/mol. The molecule has 2 aromatic carbocycles. The molecule has 1 aliphatic heterocycles. The van der Waals surface area contributed by atoms with Crippen LogP contribution in [0.2, 0.25) is 0 Å². The Hall–Kier alpha value is -3.02. The summed E-state index contributed by atoms with van der Waals surface area (Å²) in [5.41, 5.74) is 2.01. The van der Waals surface area contributed by atoms with E-state index < -0.39 is 0 Å². The molecule has 0 radical (unpaired) electrons. The van der Waals surface area contributed by atoms with E-state index in [0.29, 0.717) is 36.8 Å². The van der Waals surface area contributed by atoms with E-state index in [1.54, 1.807) is 24.3 Å². The average molecular weight is 340 g/mol. The molecule has 2 aromatic rings. The van der Waals surface area contributed by atoms with Gasteiger partial charge < -0.3 is 20.1 Å². The van der Waals surface area contributed by atoms with Gasteiger partial charge in [0.05, 0.1) is 13.2 Å². The molecule has 2 amide bonds. The molecule has 0 saturated heterocycles. The highest BCUT2D eigenvalue weighted by atomic mass is 16.5. The molecule has 6 heteroatoms. The summed E-state index contributed by atoms with van der Waals surface area (Å²) in [5.74, 6) is 1.05. The van der Waals surface area contributed by atoms with E-state index in [0.717, 1.165) is 17.7 Å². The van der Waals surface area contributed by atoms with E-state index in [-0.39, 0.29) is 11.8 Å². The Balaban J connectivity index is 1.64. The molecule has 0 aliphatic carbocycles. The zero-order chi connectivity index (χ0) is 17.6. The summed E-state index contributed by atoms with van der Waals surface area (Å²) in [6, 6.07) is 12.5. The van der Waals surface area contributed by atoms with Crippen LogP contribution in [0, 0.1) is 0 Å². The first-order chi connectivity index (χ1) is 12.1. The van der Waals surface area contributed by atoms with Crippen molar-refractivity contribution in [2.75, 3.05) is 18.5 Å². The molecular weight excluding hydrogens is 320 g/mol. The minimum atomic E-state index is -0.209. The highest BCUT2D eigenvalue weighted by molar-refractivity contribution is 5.96. The minimum Gasteiger partial charge on any atom is -0.490 e. The van der Waals surface area contributed by atoms with Crippen LogP contribution in [0.15, 0.2) is 42.5 Å². The number of carbonyl (C=O) groups excluding carboxylic acids is 2. The molecule has 2 N–H and O–H groups in total. The van der Waals surface area contributed by atoms with Gasteiger partial charge in [0.1, 0.15) is 0 Å². The zero-order valence-electron chi connectivity index (χ0n) is 14.0. The first-order valence-electron chi connectivity index (χ1n) is 8.16. The Labute approximate surface area is 146 Å². The van der Waals surface area contributed by atoms with Crippen molar-refractivity contribution in [3.63, 3.8) is 0 Å². The normalized spacial score (nSPS) is 12.8. The SMILES string of the molecule is CC(=O)Nc1cccc(C(=O)NCc2ccc3c(c2)OCCCO3)c1. The largest absolute Gasteiger partial charge is 0.490 e. The van der Waals surface area contributed by atoms with Crippen molar-refractivity contribution < 1.29 is 19.1 Å². The van der Waals surface area contributed by atoms with Crippen LogP contribution in [-0.2, 0) is 11.3 Å². The number of hydrogen-bond donors (Lipinski definition) is 2. The molecule has 0 unspecified atom stereocenters. The highest BCUT2D eigenvalue weighted by Gasteiger charge is 2.12. The lowest BCUT2D eigenvalue weighted by Crippen LogP contribution is -2.23. The Morgan fingerprint density at radius 1 is 1.04 bits per heavy atom. The molecule has 25 heavy (non-hydrogen) atoms. The second-order valence-corrected chi connectivity index (χ2v) is 5.78. The van der Waals surface area contributed by atoms with Gasteiger partial charge in [0.2, 0.25) is 5.91 Å². The van der Waals surface area contributed by atoms with Crippen LogP contribution in [0.3, 0.4) is 0 Å². The molecule has 0 aromatic heterocycles. The number of amides is 2. The molecule has 0 saturated carbocycles. The molecular formula is C19H20N2O4. The van der Waals surface area contributed by atoms with E-state index >= 15 is 0 Å². The van der Waals surface area contributed by atoms with Crippen LogP contribution < -0.4 is 20.1 Å². The van der Waals surface area contributed by atoms with E-state index in [2.05, 4.69) is 10.6 Å². The summed E-state index contributed by atoms with van der Waals surface area (Å²) in [7, 11) is 0. The second kappa shape index (κ2) is 7.70. The average Bonchev–Trinajstić information content (AvgIpc) is 2.84. The molecule has 1 aliphatic rings. The van der Waals surface area contributed by atoms with Crippen molar-refractivity contribution in [1.82, 2.24) is 5.32 Å². The number of anilines is 1. The molecule has 0 spiro atoms. The quantitative estimate of drug-likeness (QED) is 0.897. The fourth-order valence-electron chi connectivity index (χ4n) is 2.54. The number of carbonyl (C=O) groups is 2. The number of nitrogens with one attached hydrogen (secondary N) is 2. The number of benzene rings is 2. The maximum absolute atomic E-state index is 12.3. The van der Waals surface area contributed by atoms with Gasteiger partial charge in [-0.05, 0) is 35.9 Å². The Bertz CT molecular complexity index is 789. The lowest BCUT2D eigenvalue weighted by Gasteiger charge is -2.11. The fraction of sp³-hybridized carbons (Fsp3) is 0.263. The third-order valence-electron chi connectivity index (χ3n) is 3.71. The van der Waals surface area contributed by atoms with Gasteiger partial charge in [0.25, 0.3) is 5.91 Å².